The van der Waals surface area contributed by atoms with Crippen LogP contribution in [0.4, 0.5) is 5.82 Å². The van der Waals surface area contributed by atoms with E-state index in [-0.39, 0.29) is 5.41 Å². The Kier molecular flexibility index (Phi) is 4.49. The van der Waals surface area contributed by atoms with Crippen molar-refractivity contribution in [2.75, 3.05) is 12.5 Å². The van der Waals surface area contributed by atoms with Crippen LogP contribution in [0.2, 0.25) is 0 Å². The number of rotatable bonds is 4. The Morgan fingerprint density at radius 2 is 1.95 bits per heavy atom. The maximum Gasteiger partial charge on any atom is 0.145 e. The standard InChI is InChI=1S/C17H26N4/c1-12(17(2,3)4)21(5)11-14-10-13-8-6-7-9-15(13)19-16(14)20-18/h6-10,12H,11,18H2,1-5H3,(H,19,20). The molecule has 0 aliphatic heterocycles. The molecule has 2 rings (SSSR count). The normalized spacial score (nSPS) is 13.7. The van der Waals surface area contributed by atoms with Gasteiger partial charge in [0, 0.05) is 23.5 Å². The van der Waals surface area contributed by atoms with Crippen LogP contribution in [0.25, 0.3) is 10.9 Å². The van der Waals surface area contributed by atoms with Gasteiger partial charge in [-0.2, -0.15) is 0 Å². The average Bonchev–Trinajstić information content (AvgIpc) is 2.44. The Balaban J connectivity index is 2.32. The van der Waals surface area contributed by atoms with Crippen molar-refractivity contribution < 1.29 is 0 Å². The molecule has 114 valence electrons. The fourth-order valence-electron chi connectivity index (χ4n) is 2.47. The highest BCUT2D eigenvalue weighted by Crippen LogP contribution is 2.26. The number of fused-ring (bicyclic) bond motifs is 1. The van der Waals surface area contributed by atoms with Gasteiger partial charge < -0.3 is 5.43 Å². The van der Waals surface area contributed by atoms with E-state index >= 15 is 0 Å². The average molecular weight is 286 g/mol. The molecule has 0 spiro atoms. The van der Waals surface area contributed by atoms with Gasteiger partial charge in [-0.1, -0.05) is 39.0 Å². The summed E-state index contributed by atoms with van der Waals surface area (Å²) in [6, 6.07) is 10.7. The molecule has 0 aliphatic rings. The second-order valence-electron chi connectivity index (χ2n) is 6.79. The van der Waals surface area contributed by atoms with Gasteiger partial charge in [-0.15, -0.1) is 0 Å². The van der Waals surface area contributed by atoms with Gasteiger partial charge in [-0.05, 0) is 31.5 Å². The van der Waals surface area contributed by atoms with E-state index in [1.165, 1.54) is 0 Å². The number of nitrogens with one attached hydrogen (secondary N) is 1. The van der Waals surface area contributed by atoms with Crippen LogP contribution in [0.15, 0.2) is 30.3 Å². The van der Waals surface area contributed by atoms with Crippen molar-refractivity contribution in [1.82, 2.24) is 9.88 Å². The van der Waals surface area contributed by atoms with Crippen LogP contribution in [0.3, 0.4) is 0 Å². The molecule has 4 heteroatoms. The van der Waals surface area contributed by atoms with Crippen molar-refractivity contribution in [1.29, 1.82) is 0 Å². The summed E-state index contributed by atoms with van der Waals surface area (Å²) in [5.41, 5.74) is 5.04. The molecule has 0 saturated heterocycles. The molecular formula is C17H26N4. The fourth-order valence-corrected chi connectivity index (χ4v) is 2.47. The van der Waals surface area contributed by atoms with Crippen LogP contribution < -0.4 is 11.3 Å². The maximum atomic E-state index is 5.65. The molecular weight excluding hydrogens is 260 g/mol. The smallest absolute Gasteiger partial charge is 0.145 e. The number of para-hydroxylation sites is 1. The lowest BCUT2D eigenvalue weighted by atomic mass is 9.87. The summed E-state index contributed by atoms with van der Waals surface area (Å²) in [7, 11) is 2.14. The highest BCUT2D eigenvalue weighted by Gasteiger charge is 2.24. The number of hydrazine groups is 1. The summed E-state index contributed by atoms with van der Waals surface area (Å²) >= 11 is 0. The van der Waals surface area contributed by atoms with Gasteiger partial charge in [-0.3, -0.25) is 4.90 Å². The number of anilines is 1. The van der Waals surface area contributed by atoms with E-state index in [1.54, 1.807) is 0 Å². The summed E-state index contributed by atoms with van der Waals surface area (Å²) in [6.07, 6.45) is 0. The third kappa shape index (κ3) is 3.52. The van der Waals surface area contributed by atoms with Crippen LogP contribution in [-0.4, -0.2) is 23.0 Å². The number of benzene rings is 1. The molecule has 1 aromatic heterocycles. The van der Waals surface area contributed by atoms with Crippen molar-refractivity contribution >= 4 is 16.7 Å². The molecule has 2 aromatic rings. The zero-order chi connectivity index (χ0) is 15.6. The maximum absolute atomic E-state index is 5.65. The van der Waals surface area contributed by atoms with Crippen LogP contribution in [0.5, 0.6) is 0 Å². The minimum Gasteiger partial charge on any atom is -0.308 e. The highest BCUT2D eigenvalue weighted by molar-refractivity contribution is 5.81. The van der Waals surface area contributed by atoms with Crippen molar-refractivity contribution in [3.05, 3.63) is 35.9 Å². The number of aromatic nitrogens is 1. The first-order valence-electron chi connectivity index (χ1n) is 7.38. The summed E-state index contributed by atoms with van der Waals surface area (Å²) in [5, 5.41) is 1.14. The first-order chi connectivity index (χ1) is 9.82. The lowest BCUT2D eigenvalue weighted by molar-refractivity contribution is 0.135. The number of nitrogen functional groups attached to an aromatic ring is 1. The Morgan fingerprint density at radius 1 is 1.29 bits per heavy atom. The van der Waals surface area contributed by atoms with Crippen LogP contribution in [0, 0.1) is 5.41 Å². The molecule has 0 saturated carbocycles. The van der Waals surface area contributed by atoms with E-state index in [2.05, 4.69) is 62.2 Å². The SMILES string of the molecule is CC(N(C)Cc1cc2ccccc2nc1NN)C(C)(C)C. The lowest BCUT2D eigenvalue weighted by Crippen LogP contribution is -2.39. The summed E-state index contributed by atoms with van der Waals surface area (Å²) < 4.78 is 0. The Labute approximate surface area is 127 Å². The molecule has 0 fully saturated rings. The van der Waals surface area contributed by atoms with Gasteiger partial charge in [0.2, 0.25) is 0 Å². The molecule has 0 bridgehead atoms. The number of nitrogens with two attached hydrogens (primary N) is 1. The van der Waals surface area contributed by atoms with Gasteiger partial charge in [0.15, 0.2) is 0 Å². The largest absolute Gasteiger partial charge is 0.308 e. The Hall–Kier alpha value is -1.65. The summed E-state index contributed by atoms with van der Waals surface area (Å²) in [4.78, 5) is 6.95. The molecule has 1 aromatic carbocycles. The Bertz CT molecular complexity index is 616. The minimum absolute atomic E-state index is 0.231. The van der Waals surface area contributed by atoms with E-state index in [0.29, 0.717) is 6.04 Å². The van der Waals surface area contributed by atoms with E-state index in [1.807, 2.05) is 18.2 Å². The molecule has 1 atom stereocenters. The van der Waals surface area contributed by atoms with E-state index in [4.69, 9.17) is 5.84 Å². The second kappa shape index (κ2) is 6.00. The van der Waals surface area contributed by atoms with Crippen LogP contribution in [0.1, 0.15) is 33.3 Å². The van der Waals surface area contributed by atoms with Crippen molar-refractivity contribution in [2.24, 2.45) is 11.3 Å². The van der Waals surface area contributed by atoms with Crippen LogP contribution >= 0.6 is 0 Å². The monoisotopic (exact) mass is 286 g/mol. The van der Waals surface area contributed by atoms with Gasteiger partial charge in [0.25, 0.3) is 0 Å². The highest BCUT2D eigenvalue weighted by atomic mass is 15.3. The van der Waals surface area contributed by atoms with E-state index in [0.717, 1.165) is 28.8 Å². The number of hydrogen-bond donors (Lipinski definition) is 2. The molecule has 1 heterocycles. The number of hydrogen-bond acceptors (Lipinski definition) is 4. The predicted molar refractivity (Wildman–Crippen MR) is 89.9 cm³/mol. The van der Waals surface area contributed by atoms with Gasteiger partial charge in [0.1, 0.15) is 5.82 Å². The van der Waals surface area contributed by atoms with Crippen molar-refractivity contribution in [2.45, 2.75) is 40.3 Å². The van der Waals surface area contributed by atoms with E-state index in [9.17, 15) is 0 Å². The second-order valence-corrected chi connectivity index (χ2v) is 6.79. The molecule has 0 aliphatic carbocycles. The molecule has 4 nitrogen and oxygen atoms in total. The predicted octanol–water partition coefficient (Wildman–Crippen LogP) is 3.39. The molecule has 21 heavy (non-hydrogen) atoms. The zero-order valence-electron chi connectivity index (χ0n) is 13.6. The first-order valence-corrected chi connectivity index (χ1v) is 7.38. The molecule has 3 N–H and O–H groups in total. The summed E-state index contributed by atoms with van der Waals surface area (Å²) in [5.74, 6) is 6.40. The third-order valence-electron chi connectivity index (χ3n) is 4.27. The van der Waals surface area contributed by atoms with Crippen molar-refractivity contribution in [3.8, 4) is 0 Å². The summed E-state index contributed by atoms with van der Waals surface area (Å²) in [6.45, 7) is 9.85. The fraction of sp³-hybridized carbons (Fsp3) is 0.471. The zero-order valence-corrected chi connectivity index (χ0v) is 13.6. The van der Waals surface area contributed by atoms with Gasteiger partial charge >= 0.3 is 0 Å². The van der Waals surface area contributed by atoms with Gasteiger partial charge in [-0.25, -0.2) is 10.8 Å². The van der Waals surface area contributed by atoms with Crippen LogP contribution in [-0.2, 0) is 6.54 Å². The molecule has 0 amide bonds. The number of pyridine rings is 1. The third-order valence-corrected chi connectivity index (χ3v) is 4.27. The van der Waals surface area contributed by atoms with Gasteiger partial charge in [0.05, 0.1) is 5.52 Å². The quantitative estimate of drug-likeness (QED) is 0.668. The topological polar surface area (TPSA) is 54.2 Å². The molecule has 0 radical (unpaired) electrons. The Morgan fingerprint density at radius 3 is 2.57 bits per heavy atom. The van der Waals surface area contributed by atoms with E-state index < -0.39 is 0 Å². The first kappa shape index (κ1) is 15.7. The minimum atomic E-state index is 0.231. The lowest BCUT2D eigenvalue weighted by Gasteiger charge is -2.35. The van der Waals surface area contributed by atoms with Crippen molar-refractivity contribution in [3.63, 3.8) is 0 Å². The molecule has 1 unspecified atom stereocenters. The number of nitrogens with zero attached hydrogens (tertiary/aromatic N) is 2.